The van der Waals surface area contributed by atoms with Gasteiger partial charge in [-0.3, -0.25) is 0 Å². The van der Waals surface area contributed by atoms with Crippen LogP contribution < -0.4 is 0 Å². The summed E-state index contributed by atoms with van der Waals surface area (Å²) in [6.07, 6.45) is 8.36. The second-order valence-corrected chi connectivity index (χ2v) is 11.6. The quantitative estimate of drug-likeness (QED) is 0.532. The number of allylic oxidation sites excluding steroid dienone is 4. The fourth-order valence-corrected chi connectivity index (χ4v) is 2.55. The molecule has 0 saturated carbocycles. The zero-order chi connectivity index (χ0) is 17.8. The van der Waals surface area contributed by atoms with Gasteiger partial charge in [-0.25, -0.2) is 0 Å². The first-order valence-corrected chi connectivity index (χ1v) is 14.0. The van der Waals surface area contributed by atoms with Gasteiger partial charge >= 0.3 is 37.9 Å². The molecule has 4 heteroatoms. The molecule has 0 bridgehead atoms. The van der Waals surface area contributed by atoms with E-state index in [1.807, 2.05) is 12.2 Å². The van der Waals surface area contributed by atoms with Gasteiger partial charge in [0.15, 0.2) is 0 Å². The van der Waals surface area contributed by atoms with Crippen molar-refractivity contribution in [3.8, 4) is 5.75 Å². The Bertz CT molecular complexity index is 581. The predicted octanol–water partition coefficient (Wildman–Crippen LogP) is 6.57. The number of hydrogen-bond donors (Lipinski definition) is 1. The number of phenolic OH excluding ortho intramolecular Hbond substituents is 1. The molecule has 0 atom stereocenters. The van der Waals surface area contributed by atoms with Crippen LogP contribution in [0, 0.1) is 0 Å². The van der Waals surface area contributed by atoms with Crippen LogP contribution in [0.5, 0.6) is 5.75 Å². The monoisotopic (exact) mass is 430 g/mol. The number of halogens is 2. The molecule has 1 aromatic rings. The van der Waals surface area contributed by atoms with Gasteiger partial charge in [-0.1, -0.05) is 78.0 Å². The van der Waals surface area contributed by atoms with E-state index in [4.69, 9.17) is 17.0 Å². The Balaban J connectivity index is 0.000000816. The molecule has 0 amide bonds. The van der Waals surface area contributed by atoms with Crippen LogP contribution in [0.25, 0.3) is 0 Å². The van der Waals surface area contributed by atoms with Crippen LogP contribution in [0.3, 0.4) is 0 Å². The van der Waals surface area contributed by atoms with Crippen LogP contribution in [0.2, 0.25) is 0 Å². The van der Waals surface area contributed by atoms with Crippen molar-refractivity contribution in [1.29, 1.82) is 0 Å². The van der Waals surface area contributed by atoms with Crippen molar-refractivity contribution in [1.82, 2.24) is 0 Å². The van der Waals surface area contributed by atoms with Crippen LogP contribution in [0.1, 0.15) is 64.2 Å². The van der Waals surface area contributed by atoms with E-state index in [1.54, 1.807) is 0 Å². The summed E-state index contributed by atoms with van der Waals surface area (Å²) in [5.74, 6) is 0.644. The summed E-state index contributed by atoms with van der Waals surface area (Å²) in [5.41, 5.74) is 3.35. The summed E-state index contributed by atoms with van der Waals surface area (Å²) in [5, 5.41) is 10.7. The standard InChI is InChI=1S/C19H26O.2ClH.Zr/c1-18(2,3)14-11-15(13-9-7-8-10-13)17(20)16(12-14)19(4,5)6;;;/h7-13,20H,1-6H3;2*1H;/q;;;+2/p-2. The molecule has 2 rings (SSSR count). The number of phenols is 1. The number of benzene rings is 1. The van der Waals surface area contributed by atoms with E-state index in [9.17, 15) is 5.11 Å². The van der Waals surface area contributed by atoms with Crippen molar-refractivity contribution < 1.29 is 26.0 Å². The Morgan fingerprint density at radius 3 is 1.78 bits per heavy atom. The minimum atomic E-state index is -0.826. The molecule has 0 aliphatic heterocycles. The molecule has 0 aromatic heterocycles. The second-order valence-electron chi connectivity index (χ2n) is 7.83. The molecular weight excluding hydrogens is 406 g/mol. The van der Waals surface area contributed by atoms with E-state index in [2.05, 4.69) is 65.8 Å². The predicted molar refractivity (Wildman–Crippen MR) is 98.2 cm³/mol. The van der Waals surface area contributed by atoms with Crippen LogP contribution in [0.15, 0.2) is 36.4 Å². The average Bonchev–Trinajstić information content (AvgIpc) is 2.90. The van der Waals surface area contributed by atoms with E-state index < -0.39 is 20.8 Å². The van der Waals surface area contributed by atoms with Gasteiger partial charge < -0.3 is 5.11 Å². The molecular formula is C19H26Cl2OZr. The van der Waals surface area contributed by atoms with E-state index in [1.165, 1.54) is 5.56 Å². The van der Waals surface area contributed by atoms with Gasteiger partial charge in [0.05, 0.1) is 0 Å². The average molecular weight is 433 g/mol. The van der Waals surface area contributed by atoms with Crippen LogP contribution in [0.4, 0.5) is 0 Å². The number of rotatable bonds is 1. The van der Waals surface area contributed by atoms with Gasteiger partial charge in [0.25, 0.3) is 0 Å². The zero-order valence-electron chi connectivity index (χ0n) is 14.7. The molecule has 0 spiro atoms. The molecule has 0 saturated heterocycles. The van der Waals surface area contributed by atoms with Crippen molar-refractivity contribution in [3.05, 3.63) is 53.1 Å². The van der Waals surface area contributed by atoms with Crippen LogP contribution in [-0.2, 0) is 31.7 Å². The van der Waals surface area contributed by atoms with Gasteiger partial charge in [0.2, 0.25) is 0 Å². The van der Waals surface area contributed by atoms with Gasteiger partial charge in [-0.2, -0.15) is 0 Å². The Morgan fingerprint density at radius 2 is 1.39 bits per heavy atom. The SMILES string of the molecule is CC(C)(C)c1cc(C2C=CC=C2)c(O)c(C(C)(C)C)c1.[Cl][Zr][Cl]. The Morgan fingerprint density at radius 1 is 0.913 bits per heavy atom. The van der Waals surface area contributed by atoms with E-state index in [-0.39, 0.29) is 16.7 Å². The molecule has 0 unspecified atom stereocenters. The summed E-state index contributed by atoms with van der Waals surface area (Å²) in [7, 11) is 9.87. The van der Waals surface area contributed by atoms with Crippen LogP contribution >= 0.6 is 17.0 Å². The molecule has 23 heavy (non-hydrogen) atoms. The first-order valence-electron chi connectivity index (χ1n) is 7.71. The van der Waals surface area contributed by atoms with Crippen molar-refractivity contribution in [2.24, 2.45) is 0 Å². The van der Waals surface area contributed by atoms with E-state index >= 15 is 0 Å². The molecule has 1 N–H and O–H groups in total. The summed E-state index contributed by atoms with van der Waals surface area (Å²) in [6, 6.07) is 4.33. The summed E-state index contributed by atoms with van der Waals surface area (Å²) in [6.45, 7) is 13.1. The fraction of sp³-hybridized carbons (Fsp3) is 0.474. The molecule has 1 aliphatic rings. The first kappa shape index (κ1) is 21.0. The second kappa shape index (κ2) is 8.37. The topological polar surface area (TPSA) is 20.2 Å². The fourth-order valence-electron chi connectivity index (χ4n) is 2.55. The summed E-state index contributed by atoms with van der Waals surface area (Å²) >= 11 is -0.826. The van der Waals surface area contributed by atoms with Gasteiger partial charge in [0, 0.05) is 11.5 Å². The Kier molecular flexibility index (Phi) is 7.64. The van der Waals surface area contributed by atoms with Gasteiger partial charge in [0.1, 0.15) is 5.75 Å². The molecule has 0 heterocycles. The molecule has 1 aromatic carbocycles. The third-order valence-corrected chi connectivity index (χ3v) is 3.92. The van der Waals surface area contributed by atoms with Crippen molar-refractivity contribution in [2.45, 2.75) is 58.3 Å². The number of aromatic hydroxyl groups is 1. The first-order chi connectivity index (χ1) is 10.5. The molecule has 126 valence electrons. The normalized spacial score (nSPS) is 14.6. The van der Waals surface area contributed by atoms with Crippen molar-refractivity contribution >= 4 is 17.0 Å². The van der Waals surface area contributed by atoms with Gasteiger partial charge in [-0.05, 0) is 22.0 Å². The zero-order valence-corrected chi connectivity index (χ0v) is 18.7. The Labute approximate surface area is 159 Å². The van der Waals surface area contributed by atoms with E-state index in [0.29, 0.717) is 5.75 Å². The van der Waals surface area contributed by atoms with Crippen molar-refractivity contribution in [2.75, 3.05) is 0 Å². The summed E-state index contributed by atoms with van der Waals surface area (Å²) < 4.78 is 0. The van der Waals surface area contributed by atoms with Crippen LogP contribution in [-0.4, -0.2) is 5.11 Å². The Hall–Kier alpha value is -0.0369. The molecule has 1 nitrogen and oxygen atoms in total. The maximum absolute atomic E-state index is 10.7. The summed E-state index contributed by atoms with van der Waals surface area (Å²) in [4.78, 5) is 0. The third kappa shape index (κ3) is 5.77. The molecule has 0 fully saturated rings. The minimum absolute atomic E-state index is 0.0634. The molecule has 0 radical (unpaired) electrons. The van der Waals surface area contributed by atoms with Gasteiger partial charge in [-0.15, -0.1) is 0 Å². The third-order valence-electron chi connectivity index (χ3n) is 3.92. The van der Waals surface area contributed by atoms with Crippen molar-refractivity contribution in [3.63, 3.8) is 0 Å². The van der Waals surface area contributed by atoms with E-state index in [0.717, 1.165) is 11.1 Å². The number of hydrogen-bond acceptors (Lipinski definition) is 1. The molecule has 1 aliphatic carbocycles. The maximum atomic E-state index is 10.7.